The molecule has 1 saturated heterocycles. The maximum atomic E-state index is 13.9. The van der Waals surface area contributed by atoms with E-state index in [4.69, 9.17) is 0 Å². The van der Waals surface area contributed by atoms with E-state index in [1.807, 2.05) is 4.90 Å². The number of nitrogens with zero attached hydrogens (tertiary/aromatic N) is 1. The van der Waals surface area contributed by atoms with Crippen molar-refractivity contribution in [2.24, 2.45) is 23.7 Å². The topological polar surface area (TPSA) is 15.3 Å². The van der Waals surface area contributed by atoms with Crippen molar-refractivity contribution in [1.82, 2.24) is 10.2 Å². The Balaban J connectivity index is 1.43. The zero-order valence-electron chi connectivity index (χ0n) is 18.7. The Labute approximate surface area is 182 Å². The smallest absolute Gasteiger partial charge is 0.176 e. The molecule has 0 spiro atoms. The molecule has 0 amide bonds. The molecule has 1 aliphatic carbocycles. The minimum absolute atomic E-state index is 0.278. The summed E-state index contributed by atoms with van der Waals surface area (Å²) in [6.07, 6.45) is 11.4. The van der Waals surface area contributed by atoms with Crippen LogP contribution >= 0.6 is 0 Å². The predicted octanol–water partition coefficient (Wildman–Crippen LogP) is 6.07. The van der Waals surface area contributed by atoms with Crippen LogP contribution in [0.15, 0.2) is 61.0 Å². The van der Waals surface area contributed by atoms with E-state index >= 15 is 0 Å². The van der Waals surface area contributed by atoms with Gasteiger partial charge in [0.15, 0.2) is 12.5 Å². The number of halogens is 1. The highest BCUT2D eigenvalue weighted by Gasteiger charge is 2.42. The summed E-state index contributed by atoms with van der Waals surface area (Å²) in [4.78, 5) is 1.81. The Morgan fingerprint density at radius 1 is 1.10 bits per heavy atom. The lowest BCUT2D eigenvalue weighted by Gasteiger charge is -2.33. The molecule has 1 saturated carbocycles. The average Bonchev–Trinajstić information content (AvgIpc) is 3.19. The van der Waals surface area contributed by atoms with Gasteiger partial charge in [-0.3, -0.25) is 0 Å². The molecule has 4 heteroatoms. The van der Waals surface area contributed by atoms with Crippen LogP contribution in [-0.2, 0) is 6.54 Å². The highest BCUT2D eigenvalue weighted by Crippen LogP contribution is 2.46. The largest absolute Gasteiger partial charge is 0.340 e. The molecule has 2 heterocycles. The summed E-state index contributed by atoms with van der Waals surface area (Å²) in [5, 5.41) is 2.90. The summed E-state index contributed by atoms with van der Waals surface area (Å²) in [7, 11) is 0. The second kappa shape index (κ2) is 9.04. The number of rotatable bonds is 5. The summed E-state index contributed by atoms with van der Waals surface area (Å²) >= 11 is 0. The molecule has 30 heavy (non-hydrogen) atoms. The zero-order valence-corrected chi connectivity index (χ0v) is 18.7. The average molecular weight is 406 g/mol. The molecule has 3 aliphatic rings. The quantitative estimate of drug-likeness (QED) is 0.597. The lowest BCUT2D eigenvalue weighted by atomic mass is 9.42. The van der Waals surface area contributed by atoms with Gasteiger partial charge in [-0.05, 0) is 29.2 Å². The van der Waals surface area contributed by atoms with Crippen molar-refractivity contribution >= 4 is 12.2 Å². The van der Waals surface area contributed by atoms with E-state index in [9.17, 15) is 4.39 Å². The van der Waals surface area contributed by atoms with Gasteiger partial charge in [-0.25, -0.2) is 4.39 Å². The Bertz CT molecular complexity index is 807. The maximum Gasteiger partial charge on any atom is 0.176 e. The van der Waals surface area contributed by atoms with Gasteiger partial charge in [0.2, 0.25) is 0 Å². The minimum Gasteiger partial charge on any atom is -0.340 e. The van der Waals surface area contributed by atoms with Crippen LogP contribution in [0.3, 0.4) is 0 Å². The monoisotopic (exact) mass is 406 g/mol. The van der Waals surface area contributed by atoms with Crippen LogP contribution in [0.2, 0.25) is 12.6 Å². The lowest BCUT2D eigenvalue weighted by Crippen LogP contribution is -2.31. The molecule has 1 aromatic carbocycles. The van der Waals surface area contributed by atoms with Crippen molar-refractivity contribution in [2.45, 2.75) is 65.1 Å². The summed E-state index contributed by atoms with van der Waals surface area (Å²) in [6, 6.07) is 9.02. The number of hydrogen-bond donors (Lipinski definition) is 1. The highest BCUT2D eigenvalue weighted by molar-refractivity contribution is 6.74. The van der Waals surface area contributed by atoms with Crippen LogP contribution in [0.25, 0.3) is 0 Å². The van der Waals surface area contributed by atoms with Gasteiger partial charge in [0.25, 0.3) is 0 Å². The van der Waals surface area contributed by atoms with Crippen molar-refractivity contribution in [3.05, 3.63) is 66.5 Å². The molecule has 4 rings (SSSR count). The maximum absolute atomic E-state index is 13.9. The van der Waals surface area contributed by atoms with Crippen molar-refractivity contribution in [3.8, 4) is 0 Å². The van der Waals surface area contributed by atoms with Crippen LogP contribution in [0.5, 0.6) is 0 Å². The lowest BCUT2D eigenvalue weighted by molar-refractivity contribution is 0.183. The summed E-state index contributed by atoms with van der Waals surface area (Å²) in [5.74, 6) is 3.82. The third kappa shape index (κ3) is 4.53. The Kier molecular flexibility index (Phi) is 6.41. The molecule has 1 N–H and O–H groups in total. The van der Waals surface area contributed by atoms with E-state index in [0.29, 0.717) is 19.1 Å². The summed E-state index contributed by atoms with van der Waals surface area (Å²) in [5.41, 5.74) is 2.92. The van der Waals surface area contributed by atoms with Crippen molar-refractivity contribution in [3.63, 3.8) is 0 Å². The van der Waals surface area contributed by atoms with Gasteiger partial charge in [0.05, 0.1) is 5.70 Å². The van der Waals surface area contributed by atoms with Gasteiger partial charge >= 0.3 is 0 Å². The first-order valence-electron chi connectivity index (χ1n) is 11.8. The van der Waals surface area contributed by atoms with Gasteiger partial charge < -0.3 is 10.2 Å². The predicted molar refractivity (Wildman–Crippen MR) is 126 cm³/mol. The van der Waals surface area contributed by atoms with Gasteiger partial charge in [0.1, 0.15) is 5.82 Å². The molecule has 0 radical (unpaired) electrons. The van der Waals surface area contributed by atoms with Gasteiger partial charge in [0, 0.05) is 12.7 Å². The first kappa shape index (κ1) is 21.3. The fourth-order valence-electron chi connectivity index (χ4n) is 6.08. The number of allylic oxidation sites excluding steroid dienone is 1. The normalized spacial score (nSPS) is 25.7. The standard InChI is InChI=1S/C26H36BFN2/c1-18(2)24-14-27(15-25(24)22-8-6-5-7-9-22)23-12-10-21(11-13-23)16-30-17-26(28)19(3)29-20(30)4/h10-13,17-18,22,24-25,29H,3-9,14-16H2,1-2H3. The first-order valence-corrected chi connectivity index (χ1v) is 11.8. The van der Waals surface area contributed by atoms with Crippen molar-refractivity contribution < 1.29 is 4.39 Å². The molecule has 2 unspecified atom stereocenters. The Morgan fingerprint density at radius 3 is 2.47 bits per heavy atom. The van der Waals surface area contributed by atoms with Gasteiger partial charge in [-0.15, -0.1) is 0 Å². The van der Waals surface area contributed by atoms with Crippen LogP contribution in [0.1, 0.15) is 51.5 Å². The SMILES string of the molecule is C=C1NC(=C)N(Cc2ccc(B3CC(C(C)C)C(C4CCCCC4)C3)cc2)C=C1F. The molecule has 2 fully saturated rings. The zero-order chi connectivity index (χ0) is 21.3. The molecule has 0 bridgehead atoms. The summed E-state index contributed by atoms with van der Waals surface area (Å²) < 4.78 is 13.9. The van der Waals surface area contributed by atoms with E-state index in [2.05, 4.69) is 56.6 Å². The number of hydrogen-bond acceptors (Lipinski definition) is 2. The number of nitrogens with one attached hydrogen (secondary N) is 1. The van der Waals surface area contributed by atoms with Crippen LogP contribution in [0, 0.1) is 23.7 Å². The second-order valence-electron chi connectivity index (χ2n) is 10.0. The van der Waals surface area contributed by atoms with E-state index in [1.54, 1.807) is 0 Å². The molecule has 2 nitrogen and oxygen atoms in total. The second-order valence-corrected chi connectivity index (χ2v) is 10.0. The van der Waals surface area contributed by atoms with Gasteiger partial charge in [-0.1, -0.05) is 101 Å². The van der Waals surface area contributed by atoms with E-state index < -0.39 is 0 Å². The molecule has 0 aromatic heterocycles. The summed E-state index contributed by atoms with van der Waals surface area (Å²) in [6.45, 7) is 13.8. The third-order valence-electron chi connectivity index (χ3n) is 7.78. The van der Waals surface area contributed by atoms with Crippen molar-refractivity contribution in [2.75, 3.05) is 0 Å². The van der Waals surface area contributed by atoms with Crippen LogP contribution < -0.4 is 10.8 Å². The number of benzene rings is 1. The molecule has 160 valence electrons. The minimum atomic E-state index is -0.335. The first-order chi connectivity index (χ1) is 14.4. The van der Waals surface area contributed by atoms with Crippen molar-refractivity contribution in [1.29, 1.82) is 0 Å². The van der Waals surface area contributed by atoms with E-state index in [-0.39, 0.29) is 11.5 Å². The molecular weight excluding hydrogens is 370 g/mol. The molecule has 1 aromatic rings. The fourth-order valence-corrected chi connectivity index (χ4v) is 6.08. The molecule has 2 atom stereocenters. The van der Waals surface area contributed by atoms with Crippen LogP contribution in [-0.4, -0.2) is 11.6 Å². The third-order valence-corrected chi connectivity index (χ3v) is 7.78. The van der Waals surface area contributed by atoms with E-state index in [1.165, 1.54) is 62.0 Å². The Hall–Kier alpha value is -1.97. The highest BCUT2D eigenvalue weighted by atomic mass is 19.1. The van der Waals surface area contributed by atoms with Crippen LogP contribution in [0.4, 0.5) is 4.39 Å². The van der Waals surface area contributed by atoms with Gasteiger partial charge in [-0.2, -0.15) is 0 Å². The van der Waals surface area contributed by atoms with E-state index in [0.717, 1.165) is 23.7 Å². The molecule has 2 aliphatic heterocycles. The molecular formula is C26H36BFN2. The Morgan fingerprint density at radius 2 is 1.80 bits per heavy atom. The fraction of sp³-hybridized carbons (Fsp3) is 0.538.